The maximum atomic E-state index is 12.3. The molecule has 1 saturated heterocycles. The molecule has 1 aliphatic rings. The topological polar surface area (TPSA) is 53.2 Å². The number of nitrogens with one attached hydrogen (secondary N) is 3. The Morgan fingerprint density at radius 3 is 2.74 bits per heavy atom. The lowest BCUT2D eigenvalue weighted by atomic mass is 10.0. The summed E-state index contributed by atoms with van der Waals surface area (Å²) in [5, 5.41) is 3.62. The van der Waals surface area contributed by atoms with Crippen LogP contribution in [0.4, 0.5) is 0 Å². The summed E-state index contributed by atoms with van der Waals surface area (Å²) < 4.78 is 1.04. The molecule has 23 heavy (non-hydrogen) atoms. The van der Waals surface area contributed by atoms with Gasteiger partial charge in [-0.25, -0.2) is 10.9 Å². The van der Waals surface area contributed by atoms with E-state index >= 15 is 0 Å². The average Bonchev–Trinajstić information content (AvgIpc) is 3.03. The molecule has 1 heterocycles. The quantitative estimate of drug-likeness (QED) is 0.745. The lowest BCUT2D eigenvalue weighted by Crippen LogP contribution is -2.42. The van der Waals surface area contributed by atoms with Crippen molar-refractivity contribution in [2.75, 3.05) is 0 Å². The molecule has 0 radical (unpaired) electrons. The van der Waals surface area contributed by atoms with E-state index in [0.29, 0.717) is 18.0 Å². The normalized spacial score (nSPS) is 20.4. The molecular formula is C17H17BrClN3O. The smallest absolute Gasteiger partial charge is 0.238 e. The molecule has 2 atom stereocenters. The van der Waals surface area contributed by atoms with E-state index in [1.54, 1.807) is 0 Å². The van der Waals surface area contributed by atoms with E-state index in [2.05, 4.69) is 44.2 Å². The molecule has 1 aliphatic heterocycles. The van der Waals surface area contributed by atoms with Gasteiger partial charge in [0.2, 0.25) is 5.91 Å². The maximum absolute atomic E-state index is 12.3. The second-order valence-electron chi connectivity index (χ2n) is 5.53. The largest absolute Gasteiger partial charge is 0.351 e. The molecule has 6 heteroatoms. The van der Waals surface area contributed by atoms with Gasteiger partial charge in [-0.05, 0) is 41.8 Å². The summed E-state index contributed by atoms with van der Waals surface area (Å²) in [6.45, 7) is 0.473. The number of hydrogen-bond acceptors (Lipinski definition) is 3. The highest BCUT2D eigenvalue weighted by molar-refractivity contribution is 9.10. The highest BCUT2D eigenvalue weighted by atomic mass is 79.9. The van der Waals surface area contributed by atoms with E-state index in [9.17, 15) is 4.79 Å². The van der Waals surface area contributed by atoms with Crippen LogP contribution in [0.3, 0.4) is 0 Å². The maximum Gasteiger partial charge on any atom is 0.238 e. The number of benzene rings is 2. The number of halogens is 2. The van der Waals surface area contributed by atoms with E-state index < -0.39 is 0 Å². The minimum atomic E-state index is -0.247. The van der Waals surface area contributed by atoms with Crippen LogP contribution in [0, 0.1) is 0 Å². The van der Waals surface area contributed by atoms with E-state index in [-0.39, 0.29) is 18.0 Å². The zero-order valence-corrected chi connectivity index (χ0v) is 14.7. The van der Waals surface area contributed by atoms with Crippen molar-refractivity contribution in [3.05, 3.63) is 69.2 Å². The fourth-order valence-corrected chi connectivity index (χ4v) is 3.08. The third-order valence-corrected chi connectivity index (χ3v) is 4.61. The van der Waals surface area contributed by atoms with E-state index in [1.165, 1.54) is 0 Å². The second kappa shape index (κ2) is 7.45. The van der Waals surface area contributed by atoms with Crippen LogP contribution in [0.5, 0.6) is 0 Å². The molecule has 4 nitrogen and oxygen atoms in total. The van der Waals surface area contributed by atoms with Crippen molar-refractivity contribution in [3.63, 3.8) is 0 Å². The minimum absolute atomic E-state index is 0.0166. The first-order chi connectivity index (χ1) is 11.1. The molecule has 0 aliphatic carbocycles. The van der Waals surface area contributed by atoms with Crippen LogP contribution in [-0.2, 0) is 11.3 Å². The number of carbonyl (C=O) groups is 1. The predicted molar refractivity (Wildman–Crippen MR) is 94.9 cm³/mol. The summed E-state index contributed by atoms with van der Waals surface area (Å²) in [5.41, 5.74) is 8.40. The van der Waals surface area contributed by atoms with Gasteiger partial charge in [0, 0.05) is 22.1 Å². The van der Waals surface area contributed by atoms with Gasteiger partial charge >= 0.3 is 0 Å². The summed E-state index contributed by atoms with van der Waals surface area (Å²) in [5.74, 6) is -0.0166. The molecule has 0 aromatic heterocycles. The Kier molecular flexibility index (Phi) is 5.33. The zero-order valence-electron chi connectivity index (χ0n) is 12.4. The molecule has 120 valence electrons. The van der Waals surface area contributed by atoms with Gasteiger partial charge in [-0.3, -0.25) is 4.79 Å². The van der Waals surface area contributed by atoms with Gasteiger partial charge in [0.1, 0.15) is 6.04 Å². The van der Waals surface area contributed by atoms with Crippen LogP contribution >= 0.6 is 27.5 Å². The van der Waals surface area contributed by atoms with Crippen molar-refractivity contribution in [2.24, 2.45) is 0 Å². The van der Waals surface area contributed by atoms with Gasteiger partial charge in [0.25, 0.3) is 0 Å². The van der Waals surface area contributed by atoms with Crippen molar-refractivity contribution in [2.45, 2.75) is 25.0 Å². The highest BCUT2D eigenvalue weighted by Crippen LogP contribution is 2.23. The third kappa shape index (κ3) is 4.32. The van der Waals surface area contributed by atoms with Crippen LogP contribution in [0.25, 0.3) is 0 Å². The molecule has 2 unspecified atom stereocenters. The van der Waals surface area contributed by atoms with Crippen molar-refractivity contribution >= 4 is 33.4 Å². The Labute approximate surface area is 148 Å². The van der Waals surface area contributed by atoms with Gasteiger partial charge < -0.3 is 5.32 Å². The third-order valence-electron chi connectivity index (χ3n) is 3.85. The van der Waals surface area contributed by atoms with Gasteiger partial charge in [-0.1, -0.05) is 51.8 Å². The standard InChI is InChI=1S/C17H17BrClN3O/c18-13-6-4-12(5-7-13)15-9-16(22-21-15)17(23)20-10-11-2-1-3-14(19)8-11/h1-8,15-16,21-22H,9-10H2,(H,20,23). The first-order valence-electron chi connectivity index (χ1n) is 7.40. The first-order valence-corrected chi connectivity index (χ1v) is 8.57. The molecular weight excluding hydrogens is 378 g/mol. The average molecular weight is 395 g/mol. The summed E-state index contributed by atoms with van der Waals surface area (Å²) in [4.78, 5) is 12.3. The Bertz CT molecular complexity index is 692. The lowest BCUT2D eigenvalue weighted by molar-refractivity contribution is -0.123. The molecule has 3 N–H and O–H groups in total. The Morgan fingerprint density at radius 1 is 1.22 bits per heavy atom. The van der Waals surface area contributed by atoms with Gasteiger partial charge in [-0.2, -0.15) is 0 Å². The van der Waals surface area contributed by atoms with Crippen molar-refractivity contribution in [3.8, 4) is 0 Å². The molecule has 1 fully saturated rings. The van der Waals surface area contributed by atoms with Crippen LogP contribution in [0.1, 0.15) is 23.6 Å². The SMILES string of the molecule is O=C(NCc1cccc(Cl)c1)C1CC(c2ccc(Br)cc2)NN1. The first kappa shape index (κ1) is 16.5. The highest BCUT2D eigenvalue weighted by Gasteiger charge is 2.29. The molecule has 0 bridgehead atoms. The van der Waals surface area contributed by atoms with Crippen LogP contribution in [0.15, 0.2) is 53.0 Å². The summed E-state index contributed by atoms with van der Waals surface area (Å²) >= 11 is 9.37. The summed E-state index contributed by atoms with van der Waals surface area (Å²) in [6.07, 6.45) is 0.711. The van der Waals surface area contributed by atoms with Crippen LogP contribution in [0.2, 0.25) is 5.02 Å². The molecule has 2 aromatic carbocycles. The number of hydrazine groups is 1. The fourth-order valence-electron chi connectivity index (χ4n) is 2.60. The molecule has 2 aromatic rings. The Hall–Kier alpha value is -1.40. The monoisotopic (exact) mass is 393 g/mol. The molecule has 0 saturated carbocycles. The fraction of sp³-hybridized carbons (Fsp3) is 0.235. The van der Waals surface area contributed by atoms with Gasteiger partial charge in [0.15, 0.2) is 0 Å². The molecule has 1 amide bonds. The molecule has 0 spiro atoms. The van der Waals surface area contributed by atoms with Gasteiger partial charge in [-0.15, -0.1) is 0 Å². The Balaban J connectivity index is 1.54. The summed E-state index contributed by atoms with van der Waals surface area (Å²) in [6, 6.07) is 15.5. The molecule has 3 rings (SSSR count). The number of rotatable bonds is 4. The summed E-state index contributed by atoms with van der Waals surface area (Å²) in [7, 11) is 0. The minimum Gasteiger partial charge on any atom is -0.351 e. The van der Waals surface area contributed by atoms with E-state index in [4.69, 9.17) is 11.6 Å². The zero-order chi connectivity index (χ0) is 16.2. The van der Waals surface area contributed by atoms with Crippen molar-refractivity contribution in [1.82, 2.24) is 16.2 Å². The number of carbonyl (C=O) groups excluding carboxylic acids is 1. The number of amides is 1. The lowest BCUT2D eigenvalue weighted by Gasteiger charge is -2.11. The number of hydrogen-bond donors (Lipinski definition) is 3. The Morgan fingerprint density at radius 2 is 2.00 bits per heavy atom. The van der Waals surface area contributed by atoms with Crippen LogP contribution in [-0.4, -0.2) is 11.9 Å². The van der Waals surface area contributed by atoms with Crippen molar-refractivity contribution < 1.29 is 4.79 Å². The van der Waals surface area contributed by atoms with Crippen molar-refractivity contribution in [1.29, 1.82) is 0 Å². The van der Waals surface area contributed by atoms with Crippen LogP contribution < -0.4 is 16.2 Å². The van der Waals surface area contributed by atoms with E-state index in [1.807, 2.05) is 36.4 Å². The van der Waals surface area contributed by atoms with E-state index in [0.717, 1.165) is 15.6 Å². The predicted octanol–water partition coefficient (Wildman–Crippen LogP) is 3.33. The van der Waals surface area contributed by atoms with Gasteiger partial charge in [0.05, 0.1) is 0 Å². The second-order valence-corrected chi connectivity index (χ2v) is 6.88.